The number of carbonyl (C=O) groups is 1. The van der Waals surface area contributed by atoms with Gasteiger partial charge < -0.3 is 13.9 Å². The number of sulfone groups is 1. The molecule has 0 saturated heterocycles. The molecular formula is C20H25N3O4S. The highest BCUT2D eigenvalue weighted by atomic mass is 32.2. The first-order valence-corrected chi connectivity index (χ1v) is 11.0. The second kappa shape index (κ2) is 7.89. The number of Topliss-reactive ketones (excluding diaryl/α,β-unsaturated/α-hetero) is 1. The molecule has 28 heavy (non-hydrogen) atoms. The number of ether oxygens (including phenoxy) is 1. The van der Waals surface area contributed by atoms with Crippen molar-refractivity contribution in [2.75, 3.05) is 20.0 Å². The van der Waals surface area contributed by atoms with Crippen molar-refractivity contribution in [3.8, 4) is 0 Å². The fourth-order valence-electron chi connectivity index (χ4n) is 3.51. The van der Waals surface area contributed by atoms with E-state index in [1.165, 1.54) is 4.57 Å². The van der Waals surface area contributed by atoms with Crippen molar-refractivity contribution in [1.29, 1.82) is 0 Å². The molecule has 0 N–H and O–H groups in total. The van der Waals surface area contributed by atoms with E-state index in [1.54, 1.807) is 31.4 Å². The van der Waals surface area contributed by atoms with Crippen LogP contribution in [0.25, 0.3) is 11.0 Å². The van der Waals surface area contributed by atoms with Crippen LogP contribution in [-0.2, 0) is 27.7 Å². The molecule has 8 heteroatoms. The number of nitrogens with zero attached hydrogens (tertiary/aromatic N) is 3. The summed E-state index contributed by atoms with van der Waals surface area (Å²) in [4.78, 5) is 17.3. The number of fused-ring (bicyclic) bond motifs is 1. The second-order valence-electron chi connectivity index (χ2n) is 6.95. The van der Waals surface area contributed by atoms with E-state index in [0.717, 1.165) is 30.6 Å². The molecule has 0 radical (unpaired) electrons. The lowest BCUT2D eigenvalue weighted by molar-refractivity contribution is 0.0969. The van der Waals surface area contributed by atoms with Gasteiger partial charge in [-0.25, -0.2) is 13.4 Å². The number of benzene rings is 1. The number of aromatic nitrogens is 3. The number of ketones is 1. The average molecular weight is 404 g/mol. The second-order valence-corrected chi connectivity index (χ2v) is 8.86. The summed E-state index contributed by atoms with van der Waals surface area (Å²) in [6, 6.07) is 8.98. The molecule has 0 aliphatic rings. The van der Waals surface area contributed by atoms with Crippen molar-refractivity contribution >= 4 is 26.7 Å². The van der Waals surface area contributed by atoms with Gasteiger partial charge in [-0.05, 0) is 38.5 Å². The summed E-state index contributed by atoms with van der Waals surface area (Å²) in [5.41, 5.74) is 3.66. The monoisotopic (exact) mass is 403 g/mol. The van der Waals surface area contributed by atoms with Crippen molar-refractivity contribution in [1.82, 2.24) is 14.1 Å². The van der Waals surface area contributed by atoms with E-state index in [9.17, 15) is 13.2 Å². The Labute approximate surface area is 164 Å². The third-order valence-electron chi connectivity index (χ3n) is 4.86. The van der Waals surface area contributed by atoms with Gasteiger partial charge in [0.25, 0.3) is 0 Å². The Balaban J connectivity index is 1.97. The number of rotatable bonds is 8. The van der Waals surface area contributed by atoms with Crippen LogP contribution < -0.4 is 0 Å². The molecule has 0 aliphatic heterocycles. The standard InChI is InChI=1S/C20H25N3O4S/c1-14-12-16(15(2)22(14)10-7-11-27-3)19(24)13-23-18-9-6-5-8-17(18)21-20(23)28(4,25)26/h5-6,8-9,12H,7,10-11,13H2,1-4H3. The Hall–Kier alpha value is -2.45. The quantitative estimate of drug-likeness (QED) is 0.427. The van der Waals surface area contributed by atoms with Gasteiger partial charge in [-0.2, -0.15) is 0 Å². The summed E-state index contributed by atoms with van der Waals surface area (Å²) in [5, 5.41) is -0.0871. The van der Waals surface area contributed by atoms with Crippen LogP contribution in [0.2, 0.25) is 0 Å². The highest BCUT2D eigenvalue weighted by Gasteiger charge is 2.23. The van der Waals surface area contributed by atoms with Crippen LogP contribution in [0.15, 0.2) is 35.5 Å². The predicted octanol–water partition coefficient (Wildman–Crippen LogP) is 2.78. The maximum atomic E-state index is 13.1. The number of hydrogen-bond donors (Lipinski definition) is 0. The van der Waals surface area contributed by atoms with Crippen LogP contribution >= 0.6 is 0 Å². The highest BCUT2D eigenvalue weighted by molar-refractivity contribution is 7.90. The molecule has 150 valence electrons. The zero-order valence-corrected chi connectivity index (χ0v) is 17.4. The van der Waals surface area contributed by atoms with Crippen molar-refractivity contribution < 1.29 is 17.9 Å². The zero-order chi connectivity index (χ0) is 20.5. The van der Waals surface area contributed by atoms with E-state index in [0.29, 0.717) is 23.2 Å². The van der Waals surface area contributed by atoms with Gasteiger partial charge in [0.15, 0.2) is 5.78 Å². The van der Waals surface area contributed by atoms with Crippen LogP contribution in [0.1, 0.15) is 28.2 Å². The SMILES string of the molecule is COCCCn1c(C)cc(C(=O)Cn2c(S(C)(=O)=O)nc3ccccc32)c1C. The summed E-state index contributed by atoms with van der Waals surface area (Å²) in [5.74, 6) is -0.140. The van der Waals surface area contributed by atoms with Gasteiger partial charge in [-0.15, -0.1) is 0 Å². The van der Waals surface area contributed by atoms with Gasteiger partial charge in [0.05, 0.1) is 17.6 Å². The smallest absolute Gasteiger partial charge is 0.228 e. The van der Waals surface area contributed by atoms with Crippen LogP contribution in [0.3, 0.4) is 0 Å². The molecule has 0 atom stereocenters. The molecule has 0 unspecified atom stereocenters. The van der Waals surface area contributed by atoms with Gasteiger partial charge in [0.2, 0.25) is 15.0 Å². The van der Waals surface area contributed by atoms with Crippen molar-refractivity contribution in [2.45, 2.75) is 38.5 Å². The lowest BCUT2D eigenvalue weighted by Gasteiger charge is -2.10. The van der Waals surface area contributed by atoms with Gasteiger partial charge in [0.1, 0.15) is 0 Å². The number of aryl methyl sites for hydroxylation is 1. The minimum atomic E-state index is -3.57. The molecule has 3 rings (SSSR count). The molecular weight excluding hydrogens is 378 g/mol. The molecule has 3 aromatic rings. The molecule has 0 aliphatic carbocycles. The summed E-state index contributed by atoms with van der Waals surface area (Å²) in [6.45, 7) is 5.22. The Morgan fingerprint density at radius 1 is 1.18 bits per heavy atom. The molecule has 1 aromatic carbocycles. The van der Waals surface area contributed by atoms with Gasteiger partial charge in [0, 0.05) is 43.5 Å². The Kier molecular flexibility index (Phi) is 5.71. The number of methoxy groups -OCH3 is 1. The Bertz CT molecular complexity index is 1130. The lowest BCUT2D eigenvalue weighted by atomic mass is 10.1. The Morgan fingerprint density at radius 2 is 1.89 bits per heavy atom. The molecule has 0 saturated carbocycles. The zero-order valence-electron chi connectivity index (χ0n) is 16.6. The van der Waals surface area contributed by atoms with Gasteiger partial charge in [-0.3, -0.25) is 4.79 Å². The topological polar surface area (TPSA) is 83.2 Å². The normalized spacial score (nSPS) is 12.0. The third kappa shape index (κ3) is 3.88. The van der Waals surface area contributed by atoms with E-state index in [4.69, 9.17) is 4.74 Å². The number of para-hydroxylation sites is 2. The average Bonchev–Trinajstić information content (AvgIpc) is 3.14. The van der Waals surface area contributed by atoms with Crippen molar-refractivity contribution in [3.05, 3.63) is 47.3 Å². The van der Waals surface area contributed by atoms with Crippen LogP contribution in [0.5, 0.6) is 0 Å². The largest absolute Gasteiger partial charge is 0.385 e. The lowest BCUT2D eigenvalue weighted by Crippen LogP contribution is -2.16. The Morgan fingerprint density at radius 3 is 2.57 bits per heavy atom. The minimum Gasteiger partial charge on any atom is -0.385 e. The number of hydrogen-bond acceptors (Lipinski definition) is 5. The third-order valence-corrected chi connectivity index (χ3v) is 5.83. The van der Waals surface area contributed by atoms with E-state index in [1.807, 2.05) is 19.9 Å². The van der Waals surface area contributed by atoms with E-state index in [-0.39, 0.29) is 17.5 Å². The highest BCUT2D eigenvalue weighted by Crippen LogP contribution is 2.22. The summed E-state index contributed by atoms with van der Waals surface area (Å²) >= 11 is 0. The first-order valence-electron chi connectivity index (χ1n) is 9.08. The van der Waals surface area contributed by atoms with Crippen LogP contribution in [-0.4, -0.2) is 48.3 Å². The molecule has 2 aromatic heterocycles. The summed E-state index contributed by atoms with van der Waals surface area (Å²) in [6.07, 6.45) is 1.96. The molecule has 0 amide bonds. The minimum absolute atomic E-state index is 0.0781. The van der Waals surface area contributed by atoms with Gasteiger partial charge in [-0.1, -0.05) is 12.1 Å². The molecule has 7 nitrogen and oxygen atoms in total. The first kappa shape index (κ1) is 20.3. The van der Waals surface area contributed by atoms with Crippen LogP contribution in [0, 0.1) is 13.8 Å². The number of carbonyl (C=O) groups excluding carboxylic acids is 1. The van der Waals surface area contributed by atoms with Gasteiger partial charge >= 0.3 is 0 Å². The fraction of sp³-hybridized carbons (Fsp3) is 0.400. The van der Waals surface area contributed by atoms with E-state index < -0.39 is 9.84 Å². The van der Waals surface area contributed by atoms with Crippen LogP contribution in [0.4, 0.5) is 0 Å². The van der Waals surface area contributed by atoms with Crippen molar-refractivity contribution in [2.24, 2.45) is 0 Å². The summed E-state index contributed by atoms with van der Waals surface area (Å²) in [7, 11) is -1.90. The maximum Gasteiger partial charge on any atom is 0.228 e. The summed E-state index contributed by atoms with van der Waals surface area (Å²) < 4.78 is 33.1. The van der Waals surface area contributed by atoms with Crippen molar-refractivity contribution in [3.63, 3.8) is 0 Å². The first-order chi connectivity index (χ1) is 13.2. The molecule has 0 bridgehead atoms. The fourth-order valence-corrected chi connectivity index (χ4v) is 4.34. The molecule has 0 fully saturated rings. The molecule has 0 spiro atoms. The predicted molar refractivity (Wildman–Crippen MR) is 108 cm³/mol. The van der Waals surface area contributed by atoms with E-state index >= 15 is 0 Å². The maximum absolute atomic E-state index is 13.1. The van der Waals surface area contributed by atoms with E-state index in [2.05, 4.69) is 9.55 Å². The number of imidazole rings is 1. The molecule has 2 heterocycles.